The van der Waals surface area contributed by atoms with Gasteiger partial charge in [-0.05, 0) is 0 Å². The first-order valence-electron chi connectivity index (χ1n) is 3.44. The van der Waals surface area contributed by atoms with Gasteiger partial charge in [0.15, 0.2) is 0 Å². The maximum absolute atomic E-state index is 12.1. The highest BCUT2D eigenvalue weighted by Gasteiger charge is 2.54. The zero-order valence-corrected chi connectivity index (χ0v) is 9.89. The summed E-state index contributed by atoms with van der Waals surface area (Å²) < 4.78 is 33.3. The van der Waals surface area contributed by atoms with Gasteiger partial charge in [0.25, 0.3) is 0 Å². The second-order valence-electron chi connectivity index (χ2n) is 2.66. The summed E-state index contributed by atoms with van der Waals surface area (Å²) in [6, 6.07) is 0. The number of carbonyl (C=O) groups is 1. The topological polar surface area (TPSA) is 37.3 Å². The van der Waals surface area contributed by atoms with Gasteiger partial charge in [-0.2, -0.15) is 13.2 Å². The Morgan fingerprint density at radius 1 is 1.27 bits per heavy atom. The highest BCUT2D eigenvalue weighted by molar-refractivity contribution is 6.49. The fraction of sp³-hybridized carbons (Fsp3) is 0.833. The summed E-state index contributed by atoms with van der Waals surface area (Å²) in [5.41, 5.74) is 0. The number of hydrogen-bond donors (Lipinski definition) is 1. The predicted molar refractivity (Wildman–Crippen MR) is 52.0 cm³/mol. The SMILES string of the molecule is O=C(O)C(Cl)C(Cl)CC(Cl)(Cl)C(F)(F)F. The molecule has 0 bridgehead atoms. The van der Waals surface area contributed by atoms with Crippen molar-refractivity contribution < 1.29 is 23.1 Å². The molecule has 0 saturated heterocycles. The van der Waals surface area contributed by atoms with Crippen LogP contribution in [0.2, 0.25) is 0 Å². The van der Waals surface area contributed by atoms with E-state index in [-0.39, 0.29) is 0 Å². The van der Waals surface area contributed by atoms with Gasteiger partial charge in [0.1, 0.15) is 5.38 Å². The van der Waals surface area contributed by atoms with Crippen LogP contribution in [0.3, 0.4) is 0 Å². The van der Waals surface area contributed by atoms with Gasteiger partial charge >= 0.3 is 12.1 Å². The van der Waals surface area contributed by atoms with Crippen molar-refractivity contribution in [2.75, 3.05) is 0 Å². The molecule has 0 spiro atoms. The Morgan fingerprint density at radius 3 is 1.93 bits per heavy atom. The van der Waals surface area contributed by atoms with Crippen molar-refractivity contribution in [2.24, 2.45) is 0 Å². The summed E-state index contributed by atoms with van der Waals surface area (Å²) in [4.78, 5) is 10.3. The fourth-order valence-corrected chi connectivity index (χ4v) is 1.54. The van der Waals surface area contributed by atoms with Crippen LogP contribution in [-0.4, -0.2) is 32.3 Å². The maximum atomic E-state index is 12.1. The Kier molecular flexibility index (Phi) is 5.31. The molecule has 0 saturated carbocycles. The number of carboxylic acid groups (broad SMARTS) is 1. The molecule has 90 valence electrons. The van der Waals surface area contributed by atoms with Gasteiger partial charge in [0.05, 0.1) is 5.38 Å². The first-order chi connectivity index (χ1) is 6.49. The Bertz CT molecular complexity index is 243. The third-order valence-corrected chi connectivity index (χ3v) is 3.18. The first kappa shape index (κ1) is 15.4. The summed E-state index contributed by atoms with van der Waals surface area (Å²) in [5, 5.41) is 5.15. The van der Waals surface area contributed by atoms with E-state index < -0.39 is 33.7 Å². The van der Waals surface area contributed by atoms with Crippen LogP contribution in [0.5, 0.6) is 0 Å². The molecule has 0 aromatic carbocycles. The van der Waals surface area contributed by atoms with Crippen molar-refractivity contribution in [3.05, 3.63) is 0 Å². The van der Waals surface area contributed by atoms with Gasteiger partial charge < -0.3 is 5.11 Å². The number of aliphatic carboxylic acids is 1. The molecule has 0 heterocycles. The lowest BCUT2D eigenvalue weighted by Gasteiger charge is -2.25. The van der Waals surface area contributed by atoms with Crippen LogP contribution >= 0.6 is 46.4 Å². The monoisotopic (exact) mass is 306 g/mol. The lowest BCUT2D eigenvalue weighted by molar-refractivity contribution is -0.145. The number of alkyl halides is 7. The van der Waals surface area contributed by atoms with Crippen LogP contribution in [0.4, 0.5) is 13.2 Å². The van der Waals surface area contributed by atoms with Crippen molar-refractivity contribution in [2.45, 2.75) is 27.7 Å². The van der Waals surface area contributed by atoms with Gasteiger partial charge in [0.2, 0.25) is 4.33 Å². The second kappa shape index (κ2) is 5.17. The molecular weight excluding hydrogens is 303 g/mol. The molecule has 2 nitrogen and oxygen atoms in total. The molecule has 15 heavy (non-hydrogen) atoms. The minimum absolute atomic E-state index is 1.01. The molecular formula is C6H5Cl4F3O2. The summed E-state index contributed by atoms with van der Waals surface area (Å²) in [6.45, 7) is 0. The minimum atomic E-state index is -4.90. The van der Waals surface area contributed by atoms with E-state index in [2.05, 4.69) is 0 Å². The minimum Gasteiger partial charge on any atom is -0.480 e. The number of rotatable bonds is 4. The number of carboxylic acids is 1. The molecule has 0 aromatic rings. The quantitative estimate of drug-likeness (QED) is 0.808. The second-order valence-corrected chi connectivity index (χ2v) is 5.18. The van der Waals surface area contributed by atoms with Crippen molar-refractivity contribution in [3.8, 4) is 0 Å². The molecule has 2 atom stereocenters. The zero-order valence-electron chi connectivity index (χ0n) is 6.86. The highest BCUT2D eigenvalue weighted by atomic mass is 35.5. The lowest BCUT2D eigenvalue weighted by atomic mass is 10.1. The molecule has 0 aliphatic heterocycles. The standard InChI is InChI=1S/C6H5Cl4F3O2/c7-2(3(8)4(14)15)1-5(9,10)6(11,12)13/h2-3H,1H2,(H,14,15). The molecule has 0 aliphatic rings. The Morgan fingerprint density at radius 2 is 1.67 bits per heavy atom. The fourth-order valence-electron chi connectivity index (χ4n) is 0.619. The largest absolute Gasteiger partial charge is 0.480 e. The van der Waals surface area contributed by atoms with E-state index in [1.807, 2.05) is 0 Å². The Labute approximate surface area is 103 Å². The van der Waals surface area contributed by atoms with Gasteiger partial charge in [-0.15, -0.1) is 23.2 Å². The maximum Gasteiger partial charge on any atom is 0.421 e. The third-order valence-electron chi connectivity index (χ3n) is 1.42. The van der Waals surface area contributed by atoms with Gasteiger partial charge in [-0.3, -0.25) is 4.79 Å². The van der Waals surface area contributed by atoms with Crippen LogP contribution < -0.4 is 0 Å². The van der Waals surface area contributed by atoms with Crippen molar-refractivity contribution in [1.82, 2.24) is 0 Å². The normalized spacial score (nSPS) is 17.3. The lowest BCUT2D eigenvalue weighted by Crippen LogP contribution is -2.39. The zero-order chi connectivity index (χ0) is 12.4. The number of hydrogen-bond acceptors (Lipinski definition) is 1. The Balaban J connectivity index is 4.54. The van der Waals surface area contributed by atoms with E-state index in [0.29, 0.717) is 0 Å². The van der Waals surface area contributed by atoms with Gasteiger partial charge in [0, 0.05) is 6.42 Å². The van der Waals surface area contributed by atoms with Crippen LogP contribution in [0, 0.1) is 0 Å². The van der Waals surface area contributed by atoms with E-state index in [1.165, 1.54) is 0 Å². The average molecular weight is 308 g/mol. The van der Waals surface area contributed by atoms with E-state index in [4.69, 9.17) is 51.5 Å². The van der Waals surface area contributed by atoms with Crippen LogP contribution in [-0.2, 0) is 4.79 Å². The predicted octanol–water partition coefficient (Wildman–Crippen LogP) is 3.41. The molecule has 9 heteroatoms. The third kappa shape index (κ3) is 4.43. The average Bonchev–Trinajstić information content (AvgIpc) is 1.99. The highest BCUT2D eigenvalue weighted by Crippen LogP contribution is 2.44. The molecule has 0 fully saturated rings. The number of halogens is 7. The van der Waals surface area contributed by atoms with Crippen molar-refractivity contribution in [1.29, 1.82) is 0 Å². The molecule has 2 unspecified atom stereocenters. The molecule has 0 aliphatic carbocycles. The summed E-state index contributed by atoms with van der Waals surface area (Å²) in [5.74, 6) is -1.54. The first-order valence-corrected chi connectivity index (χ1v) is 5.07. The molecule has 0 aromatic heterocycles. The molecule has 0 amide bonds. The van der Waals surface area contributed by atoms with Crippen molar-refractivity contribution in [3.63, 3.8) is 0 Å². The molecule has 1 N–H and O–H groups in total. The smallest absolute Gasteiger partial charge is 0.421 e. The van der Waals surface area contributed by atoms with Gasteiger partial charge in [-0.1, -0.05) is 23.2 Å². The van der Waals surface area contributed by atoms with Crippen LogP contribution in [0.1, 0.15) is 6.42 Å². The van der Waals surface area contributed by atoms with E-state index in [9.17, 15) is 18.0 Å². The van der Waals surface area contributed by atoms with Crippen LogP contribution in [0.25, 0.3) is 0 Å². The van der Waals surface area contributed by atoms with E-state index in [1.54, 1.807) is 0 Å². The Hall–Kier alpha value is 0.420. The summed E-state index contributed by atoms with van der Waals surface area (Å²) in [7, 11) is 0. The van der Waals surface area contributed by atoms with E-state index >= 15 is 0 Å². The van der Waals surface area contributed by atoms with Crippen molar-refractivity contribution >= 4 is 52.4 Å². The summed E-state index contributed by atoms with van der Waals surface area (Å²) >= 11 is 20.5. The molecule has 0 radical (unpaired) electrons. The van der Waals surface area contributed by atoms with Crippen LogP contribution in [0.15, 0.2) is 0 Å². The van der Waals surface area contributed by atoms with E-state index in [0.717, 1.165) is 0 Å². The summed E-state index contributed by atoms with van der Waals surface area (Å²) in [6.07, 6.45) is -5.92. The van der Waals surface area contributed by atoms with Gasteiger partial charge in [-0.25, -0.2) is 0 Å². The molecule has 0 rings (SSSR count).